The lowest BCUT2D eigenvalue weighted by Crippen LogP contribution is -2.51. The molecule has 2 fully saturated rings. The highest BCUT2D eigenvalue weighted by Gasteiger charge is 2.44. The average molecular weight is 219 g/mol. The lowest BCUT2D eigenvalue weighted by Gasteiger charge is -2.36. The van der Waals surface area contributed by atoms with Gasteiger partial charge in [-0.25, -0.2) is 0 Å². The molecule has 1 heterocycles. The highest BCUT2D eigenvalue weighted by atomic mass is 16.5. The molecule has 1 aromatic rings. The molecule has 2 aliphatic rings. The molecule has 0 unspecified atom stereocenters. The van der Waals surface area contributed by atoms with Gasteiger partial charge in [-0.1, -0.05) is 18.2 Å². The lowest BCUT2D eigenvalue weighted by atomic mass is 10.1. The van der Waals surface area contributed by atoms with E-state index in [0.717, 1.165) is 37.2 Å². The second-order valence-electron chi connectivity index (χ2n) is 4.99. The Kier molecular flexibility index (Phi) is 2.19. The van der Waals surface area contributed by atoms with Crippen molar-refractivity contribution in [1.29, 1.82) is 0 Å². The molecule has 1 saturated heterocycles. The first-order chi connectivity index (χ1) is 7.67. The minimum atomic E-state index is -0.605. The summed E-state index contributed by atoms with van der Waals surface area (Å²) in [5.74, 6) is 0.862. The molecule has 0 bridgehead atoms. The molecule has 0 aromatic heterocycles. The Balaban J connectivity index is 1.78. The van der Waals surface area contributed by atoms with Crippen LogP contribution in [0.15, 0.2) is 24.3 Å². The third-order valence-electron chi connectivity index (χ3n) is 3.44. The fourth-order valence-electron chi connectivity index (χ4n) is 2.24. The topological polar surface area (TPSA) is 32.7 Å². The van der Waals surface area contributed by atoms with Gasteiger partial charge in [0.1, 0.15) is 11.9 Å². The predicted octanol–water partition coefficient (Wildman–Crippen LogP) is 1.36. The Labute approximate surface area is 95.6 Å². The summed E-state index contributed by atoms with van der Waals surface area (Å²) in [5.41, 5.74) is 0.358. The molecule has 0 atom stereocenters. The maximum atomic E-state index is 10.1. The number of aliphatic hydroxyl groups is 1. The standard InChI is InChI=1S/C13H17NO2/c1-14-8-10(9-14)16-12-5-3-2-4-11(12)13(15)6-7-13/h2-5,10,15H,6-9H2,1H3. The molecule has 1 N–H and O–H groups in total. The molecule has 86 valence electrons. The number of rotatable bonds is 3. The van der Waals surface area contributed by atoms with E-state index in [-0.39, 0.29) is 6.10 Å². The molecule has 16 heavy (non-hydrogen) atoms. The molecule has 0 spiro atoms. The highest BCUT2D eigenvalue weighted by Crippen LogP contribution is 2.48. The molecular formula is C13H17NO2. The molecular weight excluding hydrogens is 202 g/mol. The van der Waals surface area contributed by atoms with Crippen molar-refractivity contribution in [3.63, 3.8) is 0 Å². The second kappa shape index (κ2) is 3.47. The SMILES string of the molecule is CN1CC(Oc2ccccc2C2(O)CC2)C1. The van der Waals surface area contributed by atoms with Crippen LogP contribution in [0.1, 0.15) is 18.4 Å². The van der Waals surface area contributed by atoms with Gasteiger partial charge in [0.15, 0.2) is 0 Å². The van der Waals surface area contributed by atoms with Crippen LogP contribution >= 0.6 is 0 Å². The summed E-state index contributed by atoms with van der Waals surface area (Å²) in [7, 11) is 2.08. The third-order valence-corrected chi connectivity index (χ3v) is 3.44. The van der Waals surface area contributed by atoms with Gasteiger partial charge in [0.05, 0.1) is 5.60 Å². The van der Waals surface area contributed by atoms with E-state index >= 15 is 0 Å². The van der Waals surface area contributed by atoms with Crippen LogP contribution in [0.4, 0.5) is 0 Å². The van der Waals surface area contributed by atoms with Gasteiger partial charge < -0.3 is 9.84 Å². The van der Waals surface area contributed by atoms with Crippen LogP contribution in [0.3, 0.4) is 0 Å². The molecule has 1 aromatic carbocycles. The summed E-state index contributed by atoms with van der Waals surface area (Å²) in [5, 5.41) is 10.1. The lowest BCUT2D eigenvalue weighted by molar-refractivity contribution is 0.0350. The van der Waals surface area contributed by atoms with Crippen LogP contribution in [0, 0.1) is 0 Å². The third kappa shape index (κ3) is 1.70. The molecule has 3 nitrogen and oxygen atoms in total. The van der Waals surface area contributed by atoms with Crippen LogP contribution in [0.25, 0.3) is 0 Å². The molecule has 0 radical (unpaired) electrons. The van der Waals surface area contributed by atoms with Crippen molar-refractivity contribution in [1.82, 2.24) is 4.90 Å². The van der Waals surface area contributed by atoms with Gasteiger partial charge in [-0.3, -0.25) is 4.90 Å². The van der Waals surface area contributed by atoms with Gasteiger partial charge in [-0.2, -0.15) is 0 Å². The molecule has 0 amide bonds. The monoisotopic (exact) mass is 219 g/mol. The van der Waals surface area contributed by atoms with Crippen molar-refractivity contribution >= 4 is 0 Å². The summed E-state index contributed by atoms with van der Waals surface area (Å²) in [6, 6.07) is 7.87. The second-order valence-corrected chi connectivity index (χ2v) is 4.99. The zero-order valence-electron chi connectivity index (χ0n) is 9.52. The van der Waals surface area contributed by atoms with E-state index in [4.69, 9.17) is 4.74 Å². The molecule has 1 aliphatic heterocycles. The van der Waals surface area contributed by atoms with Crippen molar-refractivity contribution in [3.8, 4) is 5.75 Å². The maximum Gasteiger partial charge on any atom is 0.125 e. The maximum absolute atomic E-state index is 10.1. The number of likely N-dealkylation sites (N-methyl/N-ethyl adjacent to an activating group) is 1. The Morgan fingerprint density at radius 1 is 1.31 bits per heavy atom. The van der Waals surface area contributed by atoms with Crippen LogP contribution in [0.5, 0.6) is 5.75 Å². The van der Waals surface area contributed by atoms with E-state index in [9.17, 15) is 5.11 Å². The summed E-state index contributed by atoms with van der Waals surface area (Å²) in [6.07, 6.45) is 2.00. The number of ether oxygens (including phenoxy) is 1. The van der Waals surface area contributed by atoms with Crippen LogP contribution in [0.2, 0.25) is 0 Å². The van der Waals surface area contributed by atoms with Crippen LogP contribution in [-0.2, 0) is 5.60 Å². The average Bonchev–Trinajstić information content (AvgIpc) is 2.96. The highest BCUT2D eigenvalue weighted by molar-refractivity contribution is 5.41. The van der Waals surface area contributed by atoms with Gasteiger partial charge in [-0.05, 0) is 26.0 Å². The number of hydrogen-bond acceptors (Lipinski definition) is 3. The Morgan fingerprint density at radius 3 is 2.62 bits per heavy atom. The number of para-hydroxylation sites is 1. The quantitative estimate of drug-likeness (QED) is 0.833. The first kappa shape index (κ1) is 10.1. The van der Waals surface area contributed by atoms with Crippen molar-refractivity contribution in [2.24, 2.45) is 0 Å². The van der Waals surface area contributed by atoms with Gasteiger partial charge in [-0.15, -0.1) is 0 Å². The van der Waals surface area contributed by atoms with Gasteiger partial charge in [0, 0.05) is 18.7 Å². The van der Waals surface area contributed by atoms with Crippen molar-refractivity contribution in [2.45, 2.75) is 24.5 Å². The Morgan fingerprint density at radius 2 is 2.00 bits per heavy atom. The van der Waals surface area contributed by atoms with Crippen LogP contribution < -0.4 is 4.74 Å². The van der Waals surface area contributed by atoms with Gasteiger partial charge in [0.2, 0.25) is 0 Å². The Bertz CT molecular complexity index is 395. The van der Waals surface area contributed by atoms with Crippen molar-refractivity contribution in [2.75, 3.05) is 20.1 Å². The summed E-state index contributed by atoms with van der Waals surface area (Å²) in [6.45, 7) is 1.96. The zero-order chi connectivity index (χ0) is 11.2. The summed E-state index contributed by atoms with van der Waals surface area (Å²) < 4.78 is 5.92. The van der Waals surface area contributed by atoms with Crippen molar-refractivity contribution in [3.05, 3.63) is 29.8 Å². The van der Waals surface area contributed by atoms with Crippen LogP contribution in [-0.4, -0.2) is 36.2 Å². The molecule has 1 aliphatic carbocycles. The van der Waals surface area contributed by atoms with Gasteiger partial charge >= 0.3 is 0 Å². The summed E-state index contributed by atoms with van der Waals surface area (Å²) >= 11 is 0. The summed E-state index contributed by atoms with van der Waals surface area (Å²) in [4.78, 5) is 2.22. The normalized spacial score (nSPS) is 23.9. The first-order valence-corrected chi connectivity index (χ1v) is 5.84. The molecule has 3 rings (SSSR count). The van der Waals surface area contributed by atoms with Gasteiger partial charge in [0.25, 0.3) is 0 Å². The molecule has 1 saturated carbocycles. The zero-order valence-corrected chi connectivity index (χ0v) is 9.52. The largest absolute Gasteiger partial charge is 0.487 e. The molecule has 3 heteroatoms. The first-order valence-electron chi connectivity index (χ1n) is 5.84. The fraction of sp³-hybridized carbons (Fsp3) is 0.538. The predicted molar refractivity (Wildman–Crippen MR) is 61.5 cm³/mol. The number of likely N-dealkylation sites (tertiary alicyclic amines) is 1. The van der Waals surface area contributed by atoms with E-state index in [1.54, 1.807) is 0 Å². The number of benzene rings is 1. The smallest absolute Gasteiger partial charge is 0.125 e. The minimum absolute atomic E-state index is 0.286. The van der Waals surface area contributed by atoms with E-state index in [0.29, 0.717) is 0 Å². The van der Waals surface area contributed by atoms with E-state index < -0.39 is 5.60 Å². The van der Waals surface area contributed by atoms with E-state index in [1.165, 1.54) is 0 Å². The van der Waals surface area contributed by atoms with E-state index in [1.807, 2.05) is 24.3 Å². The fourth-order valence-corrected chi connectivity index (χ4v) is 2.24. The number of hydrogen-bond donors (Lipinski definition) is 1. The van der Waals surface area contributed by atoms with E-state index in [2.05, 4.69) is 11.9 Å². The number of nitrogens with zero attached hydrogens (tertiary/aromatic N) is 1. The van der Waals surface area contributed by atoms with Crippen molar-refractivity contribution < 1.29 is 9.84 Å². The Hall–Kier alpha value is -1.06. The minimum Gasteiger partial charge on any atom is -0.487 e.